The zero-order valence-electron chi connectivity index (χ0n) is 12.3. The van der Waals surface area contributed by atoms with Gasteiger partial charge < -0.3 is 10.9 Å². The van der Waals surface area contributed by atoms with Crippen molar-refractivity contribution < 1.29 is 5.21 Å². The summed E-state index contributed by atoms with van der Waals surface area (Å²) in [5.41, 5.74) is 6.94. The summed E-state index contributed by atoms with van der Waals surface area (Å²) in [6.07, 6.45) is 1.55. The molecular weight excluding hydrogens is 238 g/mol. The third-order valence-corrected chi connectivity index (χ3v) is 4.00. The van der Waals surface area contributed by atoms with Gasteiger partial charge in [0.25, 0.3) is 0 Å². The summed E-state index contributed by atoms with van der Waals surface area (Å²) >= 11 is 0. The Hall–Kier alpha value is -1.55. The molecule has 0 aliphatic rings. The predicted octanol–water partition coefficient (Wildman–Crippen LogP) is 2.98. The Bertz CT molecular complexity index is 415. The molecule has 0 aliphatic heterocycles. The first-order valence-corrected chi connectivity index (χ1v) is 6.66. The molecule has 1 atom stereocenters. The van der Waals surface area contributed by atoms with Crippen LogP contribution in [0.25, 0.3) is 0 Å². The first-order chi connectivity index (χ1) is 8.92. The summed E-state index contributed by atoms with van der Waals surface area (Å²) in [5.74, 6) is 0.257. The molecule has 1 rings (SSSR count). The third-order valence-electron chi connectivity index (χ3n) is 4.00. The maximum Gasteiger partial charge on any atom is 0.141 e. The molecule has 0 heterocycles. The summed E-state index contributed by atoms with van der Waals surface area (Å²) in [5, 5.41) is 11.9. The maximum atomic E-state index is 8.82. The van der Waals surface area contributed by atoms with Crippen LogP contribution in [0.15, 0.2) is 35.5 Å². The summed E-state index contributed by atoms with van der Waals surface area (Å²) < 4.78 is 0. The Morgan fingerprint density at radius 2 is 1.95 bits per heavy atom. The normalized spacial score (nSPS) is 14.7. The molecule has 3 N–H and O–H groups in total. The topological polar surface area (TPSA) is 61.8 Å². The van der Waals surface area contributed by atoms with E-state index in [0.29, 0.717) is 6.42 Å². The molecule has 0 radical (unpaired) electrons. The van der Waals surface area contributed by atoms with Crippen molar-refractivity contribution in [2.75, 3.05) is 7.05 Å². The molecule has 0 saturated heterocycles. The molecule has 1 aromatic carbocycles. The minimum atomic E-state index is 0.0518. The largest absolute Gasteiger partial charge is 0.409 e. The van der Waals surface area contributed by atoms with Crippen LogP contribution in [0, 0.1) is 0 Å². The summed E-state index contributed by atoms with van der Waals surface area (Å²) in [6, 6.07) is 10.3. The molecule has 19 heavy (non-hydrogen) atoms. The van der Waals surface area contributed by atoms with E-state index in [1.807, 2.05) is 18.2 Å². The van der Waals surface area contributed by atoms with E-state index in [-0.39, 0.29) is 17.4 Å². The number of nitrogens with two attached hydrogens (primary N) is 1. The molecule has 1 aromatic rings. The minimum Gasteiger partial charge on any atom is -0.409 e. The van der Waals surface area contributed by atoms with Gasteiger partial charge in [0.05, 0.1) is 0 Å². The van der Waals surface area contributed by atoms with Gasteiger partial charge in [0.2, 0.25) is 0 Å². The SMILES string of the molecule is CCC(C)(C)N(C)C(CC(N)=NO)c1ccccc1. The molecule has 1 unspecified atom stereocenters. The molecule has 0 saturated carbocycles. The monoisotopic (exact) mass is 263 g/mol. The van der Waals surface area contributed by atoms with Gasteiger partial charge in [-0.05, 0) is 32.9 Å². The minimum absolute atomic E-state index is 0.0518. The number of nitrogens with zero attached hydrogens (tertiary/aromatic N) is 2. The van der Waals surface area contributed by atoms with Crippen LogP contribution in [0.5, 0.6) is 0 Å². The molecule has 0 amide bonds. The van der Waals surface area contributed by atoms with Crippen LogP contribution in [0.1, 0.15) is 45.2 Å². The van der Waals surface area contributed by atoms with Crippen LogP contribution >= 0.6 is 0 Å². The first-order valence-electron chi connectivity index (χ1n) is 6.66. The van der Waals surface area contributed by atoms with Crippen molar-refractivity contribution in [2.45, 2.75) is 45.2 Å². The van der Waals surface area contributed by atoms with Crippen LogP contribution in [-0.2, 0) is 0 Å². The highest BCUT2D eigenvalue weighted by molar-refractivity contribution is 5.80. The summed E-state index contributed by atoms with van der Waals surface area (Å²) in [7, 11) is 2.09. The van der Waals surface area contributed by atoms with Crippen LogP contribution in [0.2, 0.25) is 0 Å². The first kappa shape index (κ1) is 15.5. The fraction of sp³-hybridized carbons (Fsp3) is 0.533. The molecule has 0 aromatic heterocycles. The highest BCUT2D eigenvalue weighted by Crippen LogP contribution is 2.30. The zero-order valence-corrected chi connectivity index (χ0v) is 12.3. The lowest BCUT2D eigenvalue weighted by atomic mass is 9.93. The quantitative estimate of drug-likeness (QED) is 0.359. The Morgan fingerprint density at radius 1 is 1.37 bits per heavy atom. The van der Waals surface area contributed by atoms with E-state index in [2.05, 4.69) is 50.0 Å². The number of benzene rings is 1. The van der Waals surface area contributed by atoms with Crippen molar-refractivity contribution in [1.29, 1.82) is 0 Å². The summed E-state index contributed by atoms with van der Waals surface area (Å²) in [4.78, 5) is 2.29. The second-order valence-corrected chi connectivity index (χ2v) is 5.50. The molecule has 0 fully saturated rings. The molecule has 4 heteroatoms. The second kappa shape index (κ2) is 6.57. The number of oxime groups is 1. The van der Waals surface area contributed by atoms with Gasteiger partial charge in [0.15, 0.2) is 0 Å². The Labute approximate surface area is 115 Å². The average molecular weight is 263 g/mol. The van der Waals surface area contributed by atoms with E-state index < -0.39 is 0 Å². The maximum absolute atomic E-state index is 8.82. The third kappa shape index (κ3) is 3.96. The predicted molar refractivity (Wildman–Crippen MR) is 79.3 cm³/mol. The highest BCUT2D eigenvalue weighted by Gasteiger charge is 2.29. The van der Waals surface area contributed by atoms with Gasteiger partial charge in [-0.15, -0.1) is 0 Å². The lowest BCUT2D eigenvalue weighted by Gasteiger charge is -2.41. The Balaban J connectivity index is 3.06. The molecule has 106 valence electrons. The second-order valence-electron chi connectivity index (χ2n) is 5.50. The zero-order chi connectivity index (χ0) is 14.5. The van der Waals surface area contributed by atoms with E-state index in [4.69, 9.17) is 10.9 Å². The van der Waals surface area contributed by atoms with Gasteiger partial charge in [-0.25, -0.2) is 0 Å². The van der Waals surface area contributed by atoms with Crippen molar-refractivity contribution in [1.82, 2.24) is 4.90 Å². The van der Waals surface area contributed by atoms with Gasteiger partial charge in [-0.3, -0.25) is 4.90 Å². The van der Waals surface area contributed by atoms with Crippen LogP contribution in [-0.4, -0.2) is 28.5 Å². The van der Waals surface area contributed by atoms with Crippen LogP contribution in [0.3, 0.4) is 0 Å². The van der Waals surface area contributed by atoms with Crippen molar-refractivity contribution in [3.63, 3.8) is 0 Å². The van der Waals surface area contributed by atoms with Gasteiger partial charge in [-0.1, -0.05) is 42.4 Å². The molecule has 0 spiro atoms. The van der Waals surface area contributed by atoms with Crippen molar-refractivity contribution in [3.8, 4) is 0 Å². The van der Waals surface area contributed by atoms with E-state index in [1.54, 1.807) is 0 Å². The van der Waals surface area contributed by atoms with Gasteiger partial charge in [0, 0.05) is 18.0 Å². The Kier molecular flexibility index (Phi) is 5.36. The van der Waals surface area contributed by atoms with E-state index in [1.165, 1.54) is 5.56 Å². The number of rotatable bonds is 6. The lowest BCUT2D eigenvalue weighted by Crippen LogP contribution is -2.44. The van der Waals surface area contributed by atoms with Crippen molar-refractivity contribution >= 4 is 5.84 Å². The molecule has 0 aliphatic carbocycles. The van der Waals surface area contributed by atoms with Crippen LogP contribution < -0.4 is 5.73 Å². The fourth-order valence-electron chi connectivity index (χ4n) is 2.06. The number of hydrogen-bond donors (Lipinski definition) is 2. The fourth-order valence-corrected chi connectivity index (χ4v) is 2.06. The molecule has 0 bridgehead atoms. The Morgan fingerprint density at radius 3 is 2.42 bits per heavy atom. The smallest absolute Gasteiger partial charge is 0.141 e. The van der Waals surface area contributed by atoms with E-state index in [9.17, 15) is 0 Å². The average Bonchev–Trinajstić information content (AvgIpc) is 2.44. The lowest BCUT2D eigenvalue weighted by molar-refractivity contribution is 0.0993. The van der Waals surface area contributed by atoms with Crippen LogP contribution in [0.4, 0.5) is 0 Å². The van der Waals surface area contributed by atoms with Gasteiger partial charge in [0.1, 0.15) is 5.84 Å². The molecule has 4 nitrogen and oxygen atoms in total. The van der Waals surface area contributed by atoms with E-state index >= 15 is 0 Å². The summed E-state index contributed by atoms with van der Waals surface area (Å²) in [6.45, 7) is 6.58. The molecular formula is C15H25N3O. The van der Waals surface area contributed by atoms with Gasteiger partial charge >= 0.3 is 0 Å². The van der Waals surface area contributed by atoms with Crippen molar-refractivity contribution in [3.05, 3.63) is 35.9 Å². The number of amidine groups is 1. The van der Waals surface area contributed by atoms with E-state index in [0.717, 1.165) is 6.42 Å². The number of hydrogen-bond acceptors (Lipinski definition) is 3. The van der Waals surface area contributed by atoms with Gasteiger partial charge in [-0.2, -0.15) is 0 Å². The highest BCUT2D eigenvalue weighted by atomic mass is 16.4. The standard InChI is InChI=1S/C15H25N3O/c1-5-15(2,3)18(4)13(11-14(16)17-19)12-9-7-6-8-10-12/h6-10,13,19H,5,11H2,1-4H3,(H2,16,17). The van der Waals surface area contributed by atoms with Crippen molar-refractivity contribution in [2.24, 2.45) is 10.9 Å².